The van der Waals surface area contributed by atoms with E-state index in [0.29, 0.717) is 29.6 Å². The molecule has 10 heteroatoms. The number of urea groups is 1. The van der Waals surface area contributed by atoms with Crippen LogP contribution in [0.2, 0.25) is 5.02 Å². The van der Waals surface area contributed by atoms with E-state index in [4.69, 9.17) is 16.7 Å². The summed E-state index contributed by atoms with van der Waals surface area (Å²) in [5.74, 6) is 0.633. The molecule has 26 heavy (non-hydrogen) atoms. The van der Waals surface area contributed by atoms with Crippen molar-refractivity contribution in [3.05, 3.63) is 47.6 Å². The van der Waals surface area contributed by atoms with Crippen LogP contribution < -0.4 is 20.7 Å². The lowest BCUT2D eigenvalue weighted by Crippen LogP contribution is -2.39. The number of carbonyl (C=O) groups is 1. The number of benzene rings is 1. The first-order valence-electron chi connectivity index (χ1n) is 7.89. The molecular weight excluding hydrogens is 378 g/mol. The van der Waals surface area contributed by atoms with Gasteiger partial charge >= 0.3 is 6.03 Å². The van der Waals surface area contributed by atoms with Gasteiger partial charge in [-0.2, -0.15) is 0 Å². The molecule has 0 spiro atoms. The fourth-order valence-corrected chi connectivity index (χ4v) is 3.36. The summed E-state index contributed by atoms with van der Waals surface area (Å²) in [5.41, 5.74) is 0.543. The second kappa shape index (κ2) is 7.48. The summed E-state index contributed by atoms with van der Waals surface area (Å²) in [5, 5.41) is 11.1. The van der Waals surface area contributed by atoms with E-state index in [1.807, 2.05) is 4.90 Å². The number of halogens is 1. The molecule has 1 aliphatic heterocycles. The third-order valence-electron chi connectivity index (χ3n) is 4.02. The Kier molecular flexibility index (Phi) is 5.30. The van der Waals surface area contributed by atoms with Crippen molar-refractivity contribution >= 4 is 39.2 Å². The number of para-hydroxylation sites is 1. The van der Waals surface area contributed by atoms with Crippen molar-refractivity contribution in [2.45, 2.75) is 17.4 Å². The van der Waals surface area contributed by atoms with Crippen molar-refractivity contribution in [3.63, 3.8) is 0 Å². The standard InChI is InChI=1S/C16H18ClN5O3S/c17-13-3-1-2-4-14(13)21-16(23)20-11-7-8-22(10-11)15-6-5-12(9-19-15)26(18,24)25/h1-6,9,11H,7-8,10H2,(H2,18,24,25)(H2,20,21,23)/t11-/m0/s1. The molecule has 0 saturated carbocycles. The first-order valence-corrected chi connectivity index (χ1v) is 9.81. The highest BCUT2D eigenvalue weighted by Gasteiger charge is 2.25. The molecule has 1 aromatic heterocycles. The summed E-state index contributed by atoms with van der Waals surface area (Å²) in [6.45, 7) is 1.26. The van der Waals surface area contributed by atoms with Crippen LogP contribution in [0.25, 0.3) is 0 Å². The molecular formula is C16H18ClN5O3S. The topological polar surface area (TPSA) is 117 Å². The molecule has 2 amide bonds. The molecule has 0 aliphatic carbocycles. The Bertz CT molecular complexity index is 904. The Morgan fingerprint density at radius 1 is 1.27 bits per heavy atom. The summed E-state index contributed by atoms with van der Waals surface area (Å²) in [7, 11) is -3.76. The number of hydrogen-bond donors (Lipinski definition) is 3. The van der Waals surface area contributed by atoms with Gasteiger partial charge in [-0.1, -0.05) is 23.7 Å². The zero-order chi connectivity index (χ0) is 18.7. The first kappa shape index (κ1) is 18.4. The molecule has 2 aromatic rings. The summed E-state index contributed by atoms with van der Waals surface area (Å²) in [4.78, 5) is 18.2. The van der Waals surface area contributed by atoms with Gasteiger partial charge in [-0.05, 0) is 30.7 Å². The maximum Gasteiger partial charge on any atom is 0.319 e. The summed E-state index contributed by atoms with van der Waals surface area (Å²) in [6, 6.07) is 9.63. The van der Waals surface area contributed by atoms with Crippen LogP contribution in [0.5, 0.6) is 0 Å². The van der Waals surface area contributed by atoms with Crippen LogP contribution in [0.3, 0.4) is 0 Å². The Hall–Kier alpha value is -2.36. The number of rotatable bonds is 4. The van der Waals surface area contributed by atoms with Crippen LogP contribution in [0.1, 0.15) is 6.42 Å². The number of carbonyl (C=O) groups excluding carboxylic acids is 1. The molecule has 8 nitrogen and oxygen atoms in total. The number of hydrogen-bond acceptors (Lipinski definition) is 5. The van der Waals surface area contributed by atoms with Crippen LogP contribution in [0.4, 0.5) is 16.3 Å². The van der Waals surface area contributed by atoms with Crippen molar-refractivity contribution in [1.82, 2.24) is 10.3 Å². The normalized spacial score (nSPS) is 17.2. The highest BCUT2D eigenvalue weighted by Crippen LogP contribution is 2.21. The van der Waals surface area contributed by atoms with E-state index in [-0.39, 0.29) is 17.0 Å². The third-order valence-corrected chi connectivity index (χ3v) is 5.25. The third kappa shape index (κ3) is 4.43. The lowest BCUT2D eigenvalue weighted by atomic mass is 10.3. The van der Waals surface area contributed by atoms with Crippen LogP contribution in [-0.2, 0) is 10.0 Å². The highest BCUT2D eigenvalue weighted by molar-refractivity contribution is 7.89. The number of aromatic nitrogens is 1. The summed E-state index contributed by atoms with van der Waals surface area (Å²) in [6.07, 6.45) is 1.98. The zero-order valence-electron chi connectivity index (χ0n) is 13.7. The van der Waals surface area contributed by atoms with E-state index in [1.165, 1.54) is 12.3 Å². The number of sulfonamides is 1. The molecule has 1 aliphatic rings. The van der Waals surface area contributed by atoms with Gasteiger partial charge in [0.15, 0.2) is 0 Å². The smallest absolute Gasteiger partial charge is 0.319 e. The maximum absolute atomic E-state index is 12.1. The largest absolute Gasteiger partial charge is 0.354 e. The minimum Gasteiger partial charge on any atom is -0.354 e. The van der Waals surface area contributed by atoms with Crippen molar-refractivity contribution in [2.24, 2.45) is 5.14 Å². The van der Waals surface area contributed by atoms with Crippen LogP contribution in [0.15, 0.2) is 47.5 Å². The number of nitrogens with two attached hydrogens (primary N) is 1. The number of nitrogens with one attached hydrogen (secondary N) is 2. The van der Waals surface area contributed by atoms with Crippen molar-refractivity contribution in [1.29, 1.82) is 0 Å². The number of amides is 2. The van der Waals surface area contributed by atoms with Gasteiger partial charge in [-0.25, -0.2) is 23.3 Å². The van der Waals surface area contributed by atoms with Gasteiger partial charge in [0.2, 0.25) is 10.0 Å². The SMILES string of the molecule is NS(=O)(=O)c1ccc(N2CC[C@H](NC(=O)Nc3ccccc3Cl)C2)nc1. The predicted octanol–water partition coefficient (Wildman–Crippen LogP) is 1.78. The number of nitrogens with zero attached hydrogens (tertiary/aromatic N) is 2. The van der Waals surface area contributed by atoms with E-state index in [2.05, 4.69) is 15.6 Å². The summed E-state index contributed by atoms with van der Waals surface area (Å²) >= 11 is 6.02. The number of pyridine rings is 1. The van der Waals surface area contributed by atoms with Crippen LogP contribution >= 0.6 is 11.6 Å². The molecule has 0 unspecified atom stereocenters. The van der Waals surface area contributed by atoms with Crippen molar-refractivity contribution < 1.29 is 13.2 Å². The molecule has 138 valence electrons. The molecule has 0 bridgehead atoms. The van der Waals surface area contributed by atoms with Crippen LogP contribution in [0, 0.1) is 0 Å². The van der Waals surface area contributed by atoms with Gasteiger partial charge < -0.3 is 15.5 Å². The van der Waals surface area contributed by atoms with E-state index >= 15 is 0 Å². The molecule has 0 radical (unpaired) electrons. The molecule has 3 rings (SSSR count). The molecule has 1 aromatic carbocycles. The fraction of sp³-hybridized carbons (Fsp3) is 0.250. The minimum atomic E-state index is -3.76. The summed E-state index contributed by atoms with van der Waals surface area (Å²) < 4.78 is 22.5. The lowest BCUT2D eigenvalue weighted by molar-refractivity contribution is 0.249. The predicted molar refractivity (Wildman–Crippen MR) is 99.8 cm³/mol. The Morgan fingerprint density at radius 2 is 2.04 bits per heavy atom. The van der Waals surface area contributed by atoms with Gasteiger partial charge in [0, 0.05) is 25.3 Å². The minimum absolute atomic E-state index is 0.0331. The van der Waals surface area contributed by atoms with Gasteiger partial charge in [0.25, 0.3) is 0 Å². The highest BCUT2D eigenvalue weighted by atomic mass is 35.5. The molecule has 1 atom stereocenters. The quantitative estimate of drug-likeness (QED) is 0.729. The molecule has 4 N–H and O–H groups in total. The lowest BCUT2D eigenvalue weighted by Gasteiger charge is -2.18. The average molecular weight is 396 g/mol. The average Bonchev–Trinajstić information content (AvgIpc) is 3.05. The number of anilines is 2. The Balaban J connectivity index is 1.57. The fourth-order valence-electron chi connectivity index (χ4n) is 2.72. The van der Waals surface area contributed by atoms with Gasteiger partial charge in [-0.15, -0.1) is 0 Å². The van der Waals surface area contributed by atoms with Gasteiger partial charge in [0.05, 0.1) is 10.7 Å². The Morgan fingerprint density at radius 3 is 2.69 bits per heavy atom. The van der Waals surface area contributed by atoms with Crippen molar-refractivity contribution in [3.8, 4) is 0 Å². The van der Waals surface area contributed by atoms with E-state index < -0.39 is 10.0 Å². The van der Waals surface area contributed by atoms with E-state index in [0.717, 1.165) is 6.42 Å². The zero-order valence-corrected chi connectivity index (χ0v) is 15.3. The Labute approximate surface area is 156 Å². The monoisotopic (exact) mass is 395 g/mol. The van der Waals surface area contributed by atoms with E-state index in [1.54, 1.807) is 30.3 Å². The van der Waals surface area contributed by atoms with Gasteiger partial charge in [-0.3, -0.25) is 0 Å². The second-order valence-corrected chi connectivity index (χ2v) is 7.88. The molecule has 2 heterocycles. The van der Waals surface area contributed by atoms with Crippen LogP contribution in [-0.4, -0.2) is 38.6 Å². The van der Waals surface area contributed by atoms with E-state index in [9.17, 15) is 13.2 Å². The molecule has 1 fully saturated rings. The number of primary sulfonamides is 1. The van der Waals surface area contributed by atoms with Crippen molar-refractivity contribution in [2.75, 3.05) is 23.3 Å². The first-order chi connectivity index (χ1) is 12.3. The van der Waals surface area contributed by atoms with Gasteiger partial charge in [0.1, 0.15) is 10.7 Å². The maximum atomic E-state index is 12.1. The second-order valence-electron chi connectivity index (χ2n) is 5.91. The molecule has 1 saturated heterocycles.